The Balaban J connectivity index is 1.33. The van der Waals surface area contributed by atoms with Gasteiger partial charge in [0, 0.05) is 24.2 Å². The molecule has 214 valence electrons. The summed E-state index contributed by atoms with van der Waals surface area (Å²) in [5, 5.41) is 5.11. The van der Waals surface area contributed by atoms with Gasteiger partial charge in [0.15, 0.2) is 18.0 Å². The third-order valence-electron chi connectivity index (χ3n) is 6.38. The minimum absolute atomic E-state index is 0.463. The van der Waals surface area contributed by atoms with Crippen LogP contribution in [0.15, 0.2) is 48.5 Å². The van der Waals surface area contributed by atoms with Gasteiger partial charge in [-0.25, -0.2) is 20.4 Å². The normalized spacial score (nSPS) is 19.1. The SMILES string of the molecule is COc1ccc(NC(=O)NNC(=O)[C@@H]2OC3(CCCCC3)O[C@H]2C(=O)NNC(=O)Nc2ccc(OC)cc2)cc1. The van der Waals surface area contributed by atoms with Gasteiger partial charge in [0.2, 0.25) is 0 Å². The average molecular weight is 557 g/mol. The summed E-state index contributed by atoms with van der Waals surface area (Å²) < 4.78 is 22.1. The predicted octanol–water partition coefficient (Wildman–Crippen LogP) is 2.15. The zero-order valence-electron chi connectivity index (χ0n) is 22.1. The highest BCUT2D eigenvalue weighted by molar-refractivity contribution is 5.96. The number of hydrazine groups is 2. The first-order valence-corrected chi connectivity index (χ1v) is 12.7. The summed E-state index contributed by atoms with van der Waals surface area (Å²) in [5.41, 5.74) is 9.92. The maximum Gasteiger partial charge on any atom is 0.337 e. The number of amides is 6. The standard InChI is InChI=1S/C26H32N6O8/c1-37-18-10-6-16(7-11-18)27-24(35)31-29-22(33)20-21(40-26(39-20)14-4-3-5-15-26)23(34)30-32-25(36)28-17-8-12-19(38-2)13-9-17/h6-13,20-21H,3-5,14-15H2,1-2H3,(H,29,33)(H,30,34)(H2,27,31,35)(H2,28,32,36)/t20-,21-/m1/s1. The van der Waals surface area contributed by atoms with E-state index < -0.39 is 41.9 Å². The Labute approximate surface area is 230 Å². The van der Waals surface area contributed by atoms with Crippen LogP contribution in [0.25, 0.3) is 0 Å². The second kappa shape index (κ2) is 13.0. The third-order valence-corrected chi connectivity index (χ3v) is 6.38. The van der Waals surface area contributed by atoms with Gasteiger partial charge in [-0.05, 0) is 61.4 Å². The molecule has 1 spiro atoms. The van der Waals surface area contributed by atoms with Gasteiger partial charge in [0.1, 0.15) is 11.5 Å². The molecule has 2 aliphatic rings. The van der Waals surface area contributed by atoms with Crippen molar-refractivity contribution >= 4 is 35.3 Å². The lowest BCUT2D eigenvalue weighted by Gasteiger charge is -2.31. The van der Waals surface area contributed by atoms with Gasteiger partial charge < -0.3 is 29.6 Å². The lowest BCUT2D eigenvalue weighted by molar-refractivity contribution is -0.196. The molecule has 1 heterocycles. The number of methoxy groups -OCH3 is 2. The largest absolute Gasteiger partial charge is 0.497 e. The molecule has 14 heteroatoms. The number of benzene rings is 2. The van der Waals surface area contributed by atoms with Gasteiger partial charge in [-0.3, -0.25) is 20.4 Å². The molecule has 6 N–H and O–H groups in total. The molecule has 0 radical (unpaired) electrons. The first-order valence-electron chi connectivity index (χ1n) is 12.7. The molecular weight excluding hydrogens is 524 g/mol. The van der Waals surface area contributed by atoms with Crippen LogP contribution < -0.4 is 41.8 Å². The van der Waals surface area contributed by atoms with Crippen molar-refractivity contribution in [2.75, 3.05) is 24.9 Å². The molecule has 1 aliphatic heterocycles. The van der Waals surface area contributed by atoms with Crippen molar-refractivity contribution in [3.05, 3.63) is 48.5 Å². The molecule has 14 nitrogen and oxygen atoms in total. The van der Waals surface area contributed by atoms with Crippen molar-refractivity contribution in [1.29, 1.82) is 0 Å². The Bertz CT molecular complexity index is 1110. The van der Waals surface area contributed by atoms with Crippen LogP contribution in [0.3, 0.4) is 0 Å². The fraction of sp³-hybridized carbons (Fsp3) is 0.385. The van der Waals surface area contributed by atoms with E-state index in [9.17, 15) is 19.2 Å². The molecule has 0 bridgehead atoms. The second-order valence-corrected chi connectivity index (χ2v) is 9.14. The van der Waals surface area contributed by atoms with E-state index in [1.54, 1.807) is 48.5 Å². The van der Waals surface area contributed by atoms with E-state index in [0.29, 0.717) is 35.7 Å². The van der Waals surface area contributed by atoms with E-state index in [1.807, 2.05) is 0 Å². The van der Waals surface area contributed by atoms with Gasteiger partial charge in [-0.15, -0.1) is 0 Å². The van der Waals surface area contributed by atoms with E-state index in [1.165, 1.54) is 14.2 Å². The van der Waals surface area contributed by atoms with Crippen molar-refractivity contribution in [1.82, 2.24) is 21.7 Å². The smallest absolute Gasteiger partial charge is 0.337 e. The molecule has 4 rings (SSSR count). The Kier molecular flexibility index (Phi) is 9.24. The number of anilines is 2. The number of carbonyl (C=O) groups excluding carboxylic acids is 4. The van der Waals surface area contributed by atoms with Crippen molar-refractivity contribution < 1.29 is 38.1 Å². The van der Waals surface area contributed by atoms with Crippen LogP contribution >= 0.6 is 0 Å². The topological polar surface area (TPSA) is 177 Å². The highest BCUT2D eigenvalue weighted by Gasteiger charge is 2.53. The molecule has 6 amide bonds. The van der Waals surface area contributed by atoms with Gasteiger partial charge in [0.25, 0.3) is 11.8 Å². The first kappa shape index (κ1) is 28.4. The first-order chi connectivity index (χ1) is 19.3. The quantitative estimate of drug-likeness (QED) is 0.293. The van der Waals surface area contributed by atoms with Crippen LogP contribution in [0.5, 0.6) is 11.5 Å². The summed E-state index contributed by atoms with van der Waals surface area (Å²) in [6.07, 6.45) is 0.801. The van der Waals surface area contributed by atoms with Crippen molar-refractivity contribution in [2.24, 2.45) is 0 Å². The Hall–Kier alpha value is -4.56. The maximum absolute atomic E-state index is 13.0. The van der Waals surface area contributed by atoms with Gasteiger partial charge in [-0.2, -0.15) is 0 Å². The molecule has 1 saturated heterocycles. The number of hydrogen-bond donors (Lipinski definition) is 6. The fourth-order valence-electron chi connectivity index (χ4n) is 4.37. The Morgan fingerprint density at radius 3 is 1.43 bits per heavy atom. The molecule has 1 aliphatic carbocycles. The molecule has 1 saturated carbocycles. The second-order valence-electron chi connectivity index (χ2n) is 9.14. The Morgan fingerprint density at radius 1 is 0.650 bits per heavy atom. The molecule has 2 fully saturated rings. The van der Waals surface area contributed by atoms with E-state index in [2.05, 4.69) is 32.3 Å². The summed E-state index contributed by atoms with van der Waals surface area (Å²) in [6.45, 7) is 0. The number of rotatable bonds is 6. The number of urea groups is 2. The zero-order valence-corrected chi connectivity index (χ0v) is 22.1. The van der Waals surface area contributed by atoms with Crippen molar-refractivity contribution in [3.63, 3.8) is 0 Å². The molecule has 0 aromatic heterocycles. The van der Waals surface area contributed by atoms with Crippen LogP contribution in [-0.4, -0.2) is 56.1 Å². The van der Waals surface area contributed by atoms with Crippen molar-refractivity contribution in [2.45, 2.75) is 50.1 Å². The molecule has 2 aromatic rings. The van der Waals surface area contributed by atoms with Gasteiger partial charge in [-0.1, -0.05) is 6.42 Å². The molecule has 0 unspecified atom stereocenters. The number of hydrogen-bond acceptors (Lipinski definition) is 8. The molecule has 2 aromatic carbocycles. The fourth-order valence-corrected chi connectivity index (χ4v) is 4.37. The van der Waals surface area contributed by atoms with Gasteiger partial charge >= 0.3 is 12.1 Å². The van der Waals surface area contributed by atoms with Crippen LogP contribution in [0.4, 0.5) is 21.0 Å². The minimum atomic E-state index is -1.38. The number of carbonyl (C=O) groups is 4. The molecular formula is C26H32N6O8. The van der Waals surface area contributed by atoms with Gasteiger partial charge in [0.05, 0.1) is 14.2 Å². The minimum Gasteiger partial charge on any atom is -0.497 e. The lowest BCUT2D eigenvalue weighted by Crippen LogP contribution is -2.55. The predicted molar refractivity (Wildman–Crippen MR) is 142 cm³/mol. The maximum atomic E-state index is 13.0. The zero-order chi connectivity index (χ0) is 28.5. The van der Waals surface area contributed by atoms with E-state index in [-0.39, 0.29) is 0 Å². The summed E-state index contributed by atoms with van der Waals surface area (Å²) >= 11 is 0. The monoisotopic (exact) mass is 556 g/mol. The number of nitrogens with one attached hydrogen (secondary N) is 6. The van der Waals surface area contributed by atoms with E-state index in [4.69, 9.17) is 18.9 Å². The van der Waals surface area contributed by atoms with Crippen LogP contribution in [0, 0.1) is 0 Å². The van der Waals surface area contributed by atoms with Crippen LogP contribution in [0.1, 0.15) is 32.1 Å². The van der Waals surface area contributed by atoms with Crippen LogP contribution in [-0.2, 0) is 19.1 Å². The average Bonchev–Trinajstić information content (AvgIpc) is 3.34. The highest BCUT2D eigenvalue weighted by atomic mass is 16.8. The van der Waals surface area contributed by atoms with Crippen LogP contribution in [0.2, 0.25) is 0 Å². The summed E-state index contributed by atoms with van der Waals surface area (Å²) in [6, 6.07) is 11.7. The van der Waals surface area contributed by atoms with E-state index >= 15 is 0 Å². The summed E-state index contributed by atoms with van der Waals surface area (Å²) in [5.74, 6) is -1.47. The molecule has 2 atom stereocenters. The molecule has 40 heavy (non-hydrogen) atoms. The van der Waals surface area contributed by atoms with E-state index in [0.717, 1.165) is 19.3 Å². The Morgan fingerprint density at radius 2 is 1.05 bits per heavy atom. The summed E-state index contributed by atoms with van der Waals surface area (Å²) in [7, 11) is 3.05. The third kappa shape index (κ3) is 7.30. The van der Waals surface area contributed by atoms with Crippen molar-refractivity contribution in [3.8, 4) is 11.5 Å². The number of ether oxygens (including phenoxy) is 4. The highest BCUT2D eigenvalue weighted by Crippen LogP contribution is 2.40. The lowest BCUT2D eigenvalue weighted by atomic mass is 9.94. The summed E-state index contributed by atoms with van der Waals surface area (Å²) in [4.78, 5) is 50.5.